The van der Waals surface area contributed by atoms with Gasteiger partial charge in [-0.2, -0.15) is 0 Å². The number of hydrogen-bond acceptors (Lipinski definition) is 3. The van der Waals surface area contributed by atoms with Gasteiger partial charge in [-0.15, -0.1) is 0 Å². The highest BCUT2D eigenvalue weighted by molar-refractivity contribution is 7.89. The largest absolute Gasteiger partial charge is 0.315 e. The Morgan fingerprint density at radius 2 is 1.86 bits per heavy atom. The molecule has 0 amide bonds. The van der Waals surface area contributed by atoms with Gasteiger partial charge < -0.3 is 5.32 Å². The van der Waals surface area contributed by atoms with E-state index in [0.29, 0.717) is 19.0 Å². The lowest BCUT2D eigenvalue weighted by Gasteiger charge is -2.18. The maximum atomic E-state index is 12.2. The molecule has 0 radical (unpaired) electrons. The summed E-state index contributed by atoms with van der Waals surface area (Å²) in [6, 6.07) is 8.35. The number of aryl methyl sites for hydroxylation is 1. The van der Waals surface area contributed by atoms with Crippen molar-refractivity contribution < 1.29 is 8.42 Å². The summed E-state index contributed by atoms with van der Waals surface area (Å²) in [4.78, 5) is 0. The average molecular weight is 312 g/mol. The van der Waals surface area contributed by atoms with Crippen LogP contribution in [0.25, 0.3) is 0 Å². The molecule has 0 saturated carbocycles. The lowest BCUT2D eigenvalue weighted by atomic mass is 10.1. The van der Waals surface area contributed by atoms with Crippen LogP contribution >= 0.6 is 0 Å². The Kier molecular flexibility index (Phi) is 7.35. The van der Waals surface area contributed by atoms with Gasteiger partial charge in [0.05, 0.1) is 5.75 Å². The molecule has 1 rings (SSSR count). The van der Waals surface area contributed by atoms with Crippen molar-refractivity contribution in [1.82, 2.24) is 9.62 Å². The Bertz CT molecular complexity index is 527. The first-order chi connectivity index (χ1) is 9.83. The Hall–Kier alpha value is -0.910. The summed E-state index contributed by atoms with van der Waals surface area (Å²) < 4.78 is 26.0. The SMILES string of the molecule is Cc1ccccc1CN(C)S(=O)(=O)CCCCNC(C)C. The van der Waals surface area contributed by atoms with Crippen LogP contribution in [0.1, 0.15) is 37.8 Å². The fraction of sp³-hybridized carbons (Fsp3) is 0.625. The van der Waals surface area contributed by atoms with E-state index in [0.717, 1.165) is 24.1 Å². The van der Waals surface area contributed by atoms with Gasteiger partial charge in [-0.3, -0.25) is 0 Å². The predicted molar refractivity (Wildman–Crippen MR) is 88.8 cm³/mol. The number of rotatable bonds is 9. The summed E-state index contributed by atoms with van der Waals surface area (Å²) in [6.45, 7) is 7.50. The summed E-state index contributed by atoms with van der Waals surface area (Å²) in [5, 5.41) is 3.30. The molecule has 0 fully saturated rings. The fourth-order valence-corrected chi connectivity index (χ4v) is 3.30. The van der Waals surface area contributed by atoms with E-state index in [1.807, 2.05) is 31.2 Å². The van der Waals surface area contributed by atoms with E-state index in [4.69, 9.17) is 0 Å². The molecule has 21 heavy (non-hydrogen) atoms. The van der Waals surface area contributed by atoms with Gasteiger partial charge in [-0.1, -0.05) is 38.1 Å². The van der Waals surface area contributed by atoms with Crippen LogP contribution in [-0.4, -0.2) is 38.1 Å². The number of benzene rings is 1. The topological polar surface area (TPSA) is 49.4 Å². The zero-order valence-corrected chi connectivity index (χ0v) is 14.4. The third-order valence-electron chi connectivity index (χ3n) is 3.51. The molecule has 5 heteroatoms. The van der Waals surface area contributed by atoms with Crippen LogP contribution in [0.15, 0.2) is 24.3 Å². The molecule has 1 aromatic rings. The molecule has 0 aliphatic heterocycles. The van der Waals surface area contributed by atoms with Gasteiger partial charge in [0.25, 0.3) is 0 Å². The lowest BCUT2D eigenvalue weighted by molar-refractivity contribution is 0.463. The monoisotopic (exact) mass is 312 g/mol. The molecule has 0 atom stereocenters. The van der Waals surface area contributed by atoms with Crippen molar-refractivity contribution in [3.05, 3.63) is 35.4 Å². The minimum Gasteiger partial charge on any atom is -0.315 e. The zero-order valence-electron chi connectivity index (χ0n) is 13.6. The van der Waals surface area contributed by atoms with E-state index in [1.165, 1.54) is 4.31 Å². The van der Waals surface area contributed by atoms with Crippen LogP contribution in [-0.2, 0) is 16.6 Å². The summed E-state index contributed by atoms with van der Waals surface area (Å²) in [5.41, 5.74) is 2.19. The first-order valence-electron chi connectivity index (χ1n) is 7.55. The van der Waals surface area contributed by atoms with E-state index in [9.17, 15) is 8.42 Å². The van der Waals surface area contributed by atoms with Crippen LogP contribution < -0.4 is 5.32 Å². The summed E-state index contributed by atoms with van der Waals surface area (Å²) in [7, 11) is -1.51. The molecular weight excluding hydrogens is 284 g/mol. The fourth-order valence-electron chi connectivity index (χ4n) is 2.08. The second-order valence-electron chi connectivity index (χ2n) is 5.81. The van der Waals surface area contributed by atoms with Gasteiger partial charge in [0.1, 0.15) is 0 Å². The second-order valence-corrected chi connectivity index (χ2v) is 8.01. The van der Waals surface area contributed by atoms with Crippen LogP contribution in [0.2, 0.25) is 0 Å². The number of hydrogen-bond donors (Lipinski definition) is 1. The first kappa shape index (κ1) is 18.1. The van der Waals surface area contributed by atoms with Crippen LogP contribution in [0.4, 0.5) is 0 Å². The molecular formula is C16H28N2O2S. The van der Waals surface area contributed by atoms with Crippen LogP contribution in [0, 0.1) is 6.92 Å². The van der Waals surface area contributed by atoms with Crippen molar-refractivity contribution in [3.63, 3.8) is 0 Å². The Labute approximate surface area is 129 Å². The highest BCUT2D eigenvalue weighted by Crippen LogP contribution is 2.12. The van der Waals surface area contributed by atoms with Gasteiger partial charge in [0.15, 0.2) is 0 Å². The maximum Gasteiger partial charge on any atom is 0.214 e. The molecule has 0 bridgehead atoms. The Morgan fingerprint density at radius 1 is 1.19 bits per heavy atom. The average Bonchev–Trinajstić information content (AvgIpc) is 2.40. The molecule has 0 heterocycles. The van der Waals surface area contributed by atoms with E-state index >= 15 is 0 Å². The number of unbranched alkanes of at least 4 members (excludes halogenated alkanes) is 1. The molecule has 1 N–H and O–H groups in total. The smallest absolute Gasteiger partial charge is 0.214 e. The number of nitrogens with zero attached hydrogens (tertiary/aromatic N) is 1. The van der Waals surface area contributed by atoms with Gasteiger partial charge in [-0.05, 0) is 37.4 Å². The predicted octanol–water partition coefficient (Wildman–Crippen LogP) is 2.53. The van der Waals surface area contributed by atoms with Crippen molar-refractivity contribution in [1.29, 1.82) is 0 Å². The molecule has 0 aliphatic rings. The van der Waals surface area contributed by atoms with Gasteiger partial charge in [0, 0.05) is 19.6 Å². The molecule has 0 aliphatic carbocycles. The van der Waals surface area contributed by atoms with Crippen molar-refractivity contribution >= 4 is 10.0 Å². The lowest BCUT2D eigenvalue weighted by Crippen LogP contribution is -2.30. The minimum absolute atomic E-state index is 0.217. The Morgan fingerprint density at radius 3 is 2.48 bits per heavy atom. The normalized spacial score (nSPS) is 12.3. The van der Waals surface area contributed by atoms with Gasteiger partial charge in [0.2, 0.25) is 10.0 Å². The maximum absolute atomic E-state index is 12.2. The van der Waals surface area contributed by atoms with Crippen molar-refractivity contribution in [2.75, 3.05) is 19.3 Å². The van der Waals surface area contributed by atoms with E-state index in [-0.39, 0.29) is 5.75 Å². The molecule has 4 nitrogen and oxygen atoms in total. The first-order valence-corrected chi connectivity index (χ1v) is 9.16. The summed E-state index contributed by atoms with van der Waals surface area (Å²) in [6.07, 6.45) is 1.58. The quantitative estimate of drug-likeness (QED) is 0.713. The summed E-state index contributed by atoms with van der Waals surface area (Å²) >= 11 is 0. The summed E-state index contributed by atoms with van der Waals surface area (Å²) in [5.74, 6) is 0.217. The molecule has 0 saturated heterocycles. The van der Waals surface area contributed by atoms with E-state index < -0.39 is 10.0 Å². The van der Waals surface area contributed by atoms with Crippen LogP contribution in [0.5, 0.6) is 0 Å². The van der Waals surface area contributed by atoms with E-state index in [2.05, 4.69) is 19.2 Å². The minimum atomic E-state index is -3.17. The Balaban J connectivity index is 2.45. The third kappa shape index (κ3) is 6.59. The van der Waals surface area contributed by atoms with Crippen molar-refractivity contribution in [2.24, 2.45) is 0 Å². The standard InChI is InChI=1S/C16H28N2O2S/c1-14(2)17-11-7-8-12-21(19,20)18(4)13-16-10-6-5-9-15(16)3/h5-6,9-10,14,17H,7-8,11-13H2,1-4H3. The van der Waals surface area contributed by atoms with Crippen molar-refractivity contribution in [3.8, 4) is 0 Å². The molecule has 0 spiro atoms. The third-order valence-corrected chi connectivity index (χ3v) is 5.39. The molecule has 1 aromatic carbocycles. The van der Waals surface area contributed by atoms with Crippen LogP contribution in [0.3, 0.4) is 0 Å². The highest BCUT2D eigenvalue weighted by atomic mass is 32.2. The zero-order chi connectivity index (χ0) is 15.9. The van der Waals surface area contributed by atoms with Gasteiger partial charge >= 0.3 is 0 Å². The van der Waals surface area contributed by atoms with E-state index in [1.54, 1.807) is 7.05 Å². The highest BCUT2D eigenvalue weighted by Gasteiger charge is 2.18. The number of nitrogens with one attached hydrogen (secondary N) is 1. The molecule has 0 aromatic heterocycles. The van der Waals surface area contributed by atoms with Gasteiger partial charge in [-0.25, -0.2) is 12.7 Å². The number of sulfonamides is 1. The molecule has 0 unspecified atom stereocenters. The molecule has 120 valence electrons. The second kappa shape index (κ2) is 8.51. The van der Waals surface area contributed by atoms with Crippen molar-refractivity contribution in [2.45, 2.75) is 46.2 Å².